The van der Waals surface area contributed by atoms with Gasteiger partial charge in [0.05, 0.1) is 4.90 Å². The predicted octanol–water partition coefficient (Wildman–Crippen LogP) is 2.23. The summed E-state index contributed by atoms with van der Waals surface area (Å²) in [6.07, 6.45) is 0. The van der Waals surface area contributed by atoms with Crippen LogP contribution in [0.4, 0.5) is 4.39 Å². The topological polar surface area (TPSA) is 84.7 Å². The number of carbonyl (C=O) groups is 1. The Morgan fingerprint density at radius 3 is 2.44 bits per heavy atom. The molecule has 0 aliphatic carbocycles. The van der Waals surface area contributed by atoms with E-state index in [0.717, 1.165) is 12.1 Å². The first-order valence-corrected chi connectivity index (χ1v) is 9.72. The molecule has 138 valence electrons. The van der Waals surface area contributed by atoms with Gasteiger partial charge in [-0.15, -0.1) is 0 Å². The van der Waals surface area contributed by atoms with Crippen LogP contribution in [-0.2, 0) is 9.84 Å². The molecule has 3 aromatic rings. The molecule has 0 N–H and O–H groups in total. The van der Waals surface area contributed by atoms with Crippen molar-refractivity contribution in [3.63, 3.8) is 0 Å². The molecule has 1 fully saturated rings. The molecule has 2 heterocycles. The van der Waals surface area contributed by atoms with Crippen molar-refractivity contribution in [3.8, 4) is 0 Å². The SMILES string of the molecule is O=C(c1cc2ccccc2oc1=O)N1CC(S(=O)(=O)c2ccc(F)cc2)C1. The summed E-state index contributed by atoms with van der Waals surface area (Å²) >= 11 is 0. The Morgan fingerprint density at radius 2 is 1.74 bits per heavy atom. The summed E-state index contributed by atoms with van der Waals surface area (Å²) in [5.74, 6) is -1.09. The Kier molecular flexibility index (Phi) is 4.07. The van der Waals surface area contributed by atoms with Crippen LogP contribution in [0.5, 0.6) is 0 Å². The van der Waals surface area contributed by atoms with E-state index in [9.17, 15) is 22.4 Å². The Labute approximate surface area is 153 Å². The lowest BCUT2D eigenvalue weighted by atomic mass is 10.1. The van der Waals surface area contributed by atoms with Gasteiger partial charge in [0.15, 0.2) is 9.84 Å². The Morgan fingerprint density at radius 1 is 1.07 bits per heavy atom. The number of sulfone groups is 1. The molecular formula is C19H14FNO5S. The standard InChI is InChI=1S/C19H14FNO5S/c20-13-5-7-14(8-6-13)27(24,25)15-10-21(11-15)18(22)16-9-12-3-1-2-4-17(12)26-19(16)23/h1-9,15H,10-11H2. The molecule has 1 aromatic heterocycles. The smallest absolute Gasteiger partial charge is 0.349 e. The number of nitrogens with zero attached hydrogens (tertiary/aromatic N) is 1. The van der Waals surface area contributed by atoms with E-state index in [4.69, 9.17) is 4.42 Å². The zero-order chi connectivity index (χ0) is 19.2. The van der Waals surface area contributed by atoms with Crippen LogP contribution in [0, 0.1) is 5.82 Å². The predicted molar refractivity (Wildman–Crippen MR) is 95.8 cm³/mol. The van der Waals surface area contributed by atoms with Crippen molar-refractivity contribution in [2.75, 3.05) is 13.1 Å². The zero-order valence-electron chi connectivity index (χ0n) is 14.0. The van der Waals surface area contributed by atoms with Gasteiger partial charge in [-0.05, 0) is 36.4 Å². The maximum Gasteiger partial charge on any atom is 0.349 e. The highest BCUT2D eigenvalue weighted by molar-refractivity contribution is 7.92. The summed E-state index contributed by atoms with van der Waals surface area (Å²) in [5.41, 5.74) is -0.519. The Bertz CT molecular complexity index is 1190. The second-order valence-corrected chi connectivity index (χ2v) is 8.54. The molecule has 27 heavy (non-hydrogen) atoms. The molecule has 1 aliphatic heterocycles. The van der Waals surface area contributed by atoms with Gasteiger partial charge in [-0.2, -0.15) is 0 Å². The average Bonchev–Trinajstić information content (AvgIpc) is 2.60. The van der Waals surface area contributed by atoms with E-state index in [2.05, 4.69) is 0 Å². The number of benzene rings is 2. The molecule has 0 spiro atoms. The molecule has 0 bridgehead atoms. The minimum atomic E-state index is -3.67. The number of carbonyl (C=O) groups excluding carboxylic acids is 1. The number of halogens is 1. The largest absolute Gasteiger partial charge is 0.422 e. The first kappa shape index (κ1) is 17.4. The number of hydrogen-bond donors (Lipinski definition) is 0. The Hall–Kier alpha value is -3.00. The van der Waals surface area contributed by atoms with Crippen LogP contribution < -0.4 is 5.63 Å². The molecule has 0 unspecified atom stereocenters. The molecular weight excluding hydrogens is 373 g/mol. The van der Waals surface area contributed by atoms with Gasteiger partial charge in [0.2, 0.25) is 0 Å². The fourth-order valence-electron chi connectivity index (χ4n) is 3.00. The normalized spacial score (nSPS) is 14.9. The average molecular weight is 387 g/mol. The van der Waals surface area contributed by atoms with Gasteiger partial charge in [-0.1, -0.05) is 18.2 Å². The lowest BCUT2D eigenvalue weighted by molar-refractivity contribution is 0.0654. The summed E-state index contributed by atoms with van der Waals surface area (Å²) in [6.45, 7) is -0.0738. The van der Waals surface area contributed by atoms with Gasteiger partial charge in [0, 0.05) is 18.5 Å². The Balaban J connectivity index is 1.54. The second kappa shape index (κ2) is 6.31. The van der Waals surface area contributed by atoms with E-state index in [1.807, 2.05) is 0 Å². The van der Waals surface area contributed by atoms with Gasteiger partial charge < -0.3 is 9.32 Å². The highest BCUT2D eigenvalue weighted by atomic mass is 32.2. The second-order valence-electron chi connectivity index (χ2n) is 6.32. The van der Waals surface area contributed by atoms with Gasteiger partial charge in [-0.3, -0.25) is 4.79 Å². The van der Waals surface area contributed by atoms with Gasteiger partial charge >= 0.3 is 5.63 Å². The summed E-state index contributed by atoms with van der Waals surface area (Å²) in [5, 5.41) is -0.184. The monoisotopic (exact) mass is 387 g/mol. The van der Waals surface area contributed by atoms with Gasteiger partial charge in [-0.25, -0.2) is 17.6 Å². The third-order valence-corrected chi connectivity index (χ3v) is 6.69. The number of para-hydroxylation sites is 1. The minimum Gasteiger partial charge on any atom is -0.422 e. The van der Waals surface area contributed by atoms with E-state index >= 15 is 0 Å². The minimum absolute atomic E-state index is 0.00576. The van der Waals surface area contributed by atoms with Crippen LogP contribution in [0.2, 0.25) is 0 Å². The van der Waals surface area contributed by atoms with Crippen LogP contribution in [0.25, 0.3) is 11.0 Å². The van der Waals surface area contributed by atoms with Crippen molar-refractivity contribution in [3.05, 3.63) is 76.4 Å². The van der Waals surface area contributed by atoms with Crippen LogP contribution in [-0.4, -0.2) is 37.6 Å². The molecule has 1 saturated heterocycles. The highest BCUT2D eigenvalue weighted by Crippen LogP contribution is 2.25. The van der Waals surface area contributed by atoms with Crippen molar-refractivity contribution in [1.82, 2.24) is 4.90 Å². The van der Waals surface area contributed by atoms with Crippen molar-refractivity contribution < 1.29 is 22.0 Å². The summed E-state index contributed by atoms with van der Waals surface area (Å²) in [7, 11) is -3.67. The van der Waals surface area contributed by atoms with Crippen LogP contribution >= 0.6 is 0 Å². The van der Waals surface area contributed by atoms with Crippen molar-refractivity contribution in [2.24, 2.45) is 0 Å². The van der Waals surface area contributed by atoms with Crippen molar-refractivity contribution in [1.29, 1.82) is 0 Å². The molecule has 0 atom stereocenters. The zero-order valence-corrected chi connectivity index (χ0v) is 14.8. The number of amides is 1. The number of hydrogen-bond acceptors (Lipinski definition) is 5. The molecule has 8 heteroatoms. The van der Waals surface area contributed by atoms with Crippen LogP contribution in [0.3, 0.4) is 0 Å². The number of likely N-dealkylation sites (tertiary alicyclic amines) is 1. The molecule has 4 rings (SSSR count). The van der Waals surface area contributed by atoms with Crippen molar-refractivity contribution >= 4 is 26.7 Å². The van der Waals surface area contributed by atoms with Gasteiger partial charge in [0.25, 0.3) is 5.91 Å². The summed E-state index contributed by atoms with van der Waals surface area (Å²) in [6, 6.07) is 12.8. The van der Waals surface area contributed by atoms with Gasteiger partial charge in [0.1, 0.15) is 22.2 Å². The van der Waals surface area contributed by atoms with Crippen LogP contribution in [0.1, 0.15) is 10.4 Å². The maximum absolute atomic E-state index is 13.0. The van der Waals surface area contributed by atoms with E-state index in [0.29, 0.717) is 11.0 Å². The van der Waals surface area contributed by atoms with E-state index in [-0.39, 0.29) is 23.5 Å². The summed E-state index contributed by atoms with van der Waals surface area (Å²) < 4.78 is 43.2. The lowest BCUT2D eigenvalue weighted by Crippen LogP contribution is -2.57. The highest BCUT2D eigenvalue weighted by Gasteiger charge is 2.41. The van der Waals surface area contributed by atoms with Crippen molar-refractivity contribution in [2.45, 2.75) is 10.1 Å². The first-order valence-electron chi connectivity index (χ1n) is 8.18. The molecule has 0 radical (unpaired) electrons. The fraction of sp³-hybridized carbons (Fsp3) is 0.158. The number of fused-ring (bicyclic) bond motifs is 1. The van der Waals surface area contributed by atoms with E-state index in [1.165, 1.54) is 23.1 Å². The maximum atomic E-state index is 13.0. The molecule has 1 aliphatic rings. The molecule has 6 nitrogen and oxygen atoms in total. The lowest BCUT2D eigenvalue weighted by Gasteiger charge is -2.38. The molecule has 1 amide bonds. The van der Waals surface area contributed by atoms with E-state index < -0.39 is 32.4 Å². The third kappa shape index (κ3) is 3.02. The quantitative estimate of drug-likeness (QED) is 0.508. The number of rotatable bonds is 3. The fourth-order valence-corrected chi connectivity index (χ4v) is 4.65. The molecule has 0 saturated carbocycles. The van der Waals surface area contributed by atoms with E-state index in [1.54, 1.807) is 24.3 Å². The summed E-state index contributed by atoms with van der Waals surface area (Å²) in [4.78, 5) is 25.9. The van der Waals surface area contributed by atoms with Crippen LogP contribution in [0.15, 0.2) is 68.7 Å². The first-order chi connectivity index (χ1) is 12.9. The third-order valence-electron chi connectivity index (χ3n) is 4.59. The molecule has 2 aromatic carbocycles.